The lowest BCUT2D eigenvalue weighted by Crippen LogP contribution is -2.51. The maximum absolute atomic E-state index is 13.3. The first-order valence-corrected chi connectivity index (χ1v) is 13.1. The summed E-state index contributed by atoms with van der Waals surface area (Å²) in [6, 6.07) is 12.3. The minimum absolute atomic E-state index is 0.0308. The lowest BCUT2D eigenvalue weighted by atomic mass is 10.1. The summed E-state index contributed by atoms with van der Waals surface area (Å²) in [7, 11) is -2.58. The molecule has 0 saturated heterocycles. The fraction of sp³-hybridized carbons (Fsp3) is 0.391. The van der Waals surface area contributed by atoms with E-state index in [9.17, 15) is 18.0 Å². The molecule has 0 bridgehead atoms. The molecule has 0 aliphatic carbocycles. The Morgan fingerprint density at radius 3 is 2.33 bits per heavy atom. The van der Waals surface area contributed by atoms with Gasteiger partial charge in [-0.3, -0.25) is 9.59 Å². The first-order chi connectivity index (χ1) is 15.4. The predicted molar refractivity (Wildman–Crippen MR) is 133 cm³/mol. The fourth-order valence-corrected chi connectivity index (χ4v) is 4.73. The number of hydrogen-bond donors (Lipinski definition) is 1. The van der Waals surface area contributed by atoms with Crippen molar-refractivity contribution in [2.45, 2.75) is 50.7 Å². The monoisotopic (exact) mass is 557 g/mol. The van der Waals surface area contributed by atoms with Gasteiger partial charge in [0.05, 0.1) is 11.4 Å². The van der Waals surface area contributed by atoms with Crippen molar-refractivity contribution in [1.82, 2.24) is 14.5 Å². The Morgan fingerprint density at radius 2 is 1.76 bits per heavy atom. The Bertz CT molecular complexity index is 1080. The van der Waals surface area contributed by atoms with E-state index in [1.807, 2.05) is 38.1 Å². The van der Waals surface area contributed by atoms with E-state index in [4.69, 9.17) is 11.6 Å². The highest BCUT2D eigenvalue weighted by Gasteiger charge is 2.30. The van der Waals surface area contributed by atoms with Crippen LogP contribution in [-0.2, 0) is 26.2 Å². The van der Waals surface area contributed by atoms with E-state index in [0.29, 0.717) is 5.02 Å². The maximum Gasteiger partial charge on any atom is 0.243 e. The molecule has 33 heavy (non-hydrogen) atoms. The topological polar surface area (TPSA) is 86.8 Å². The number of likely N-dealkylation sites (N-methyl/N-ethyl adjacent to an activating group) is 1. The van der Waals surface area contributed by atoms with Crippen molar-refractivity contribution in [3.8, 4) is 0 Å². The number of sulfonamides is 1. The average Bonchev–Trinajstić information content (AvgIpc) is 2.77. The molecule has 2 amide bonds. The summed E-state index contributed by atoms with van der Waals surface area (Å²) < 4.78 is 27.7. The molecule has 0 radical (unpaired) electrons. The largest absolute Gasteiger partial charge is 0.352 e. The van der Waals surface area contributed by atoms with Crippen LogP contribution in [0.4, 0.5) is 0 Å². The number of benzene rings is 2. The summed E-state index contributed by atoms with van der Waals surface area (Å²) in [5.74, 6) is -0.780. The normalized spacial score (nSPS) is 13.4. The van der Waals surface area contributed by atoms with Crippen LogP contribution in [0.3, 0.4) is 0 Å². The van der Waals surface area contributed by atoms with E-state index in [-0.39, 0.29) is 23.4 Å². The third-order valence-electron chi connectivity index (χ3n) is 5.29. The summed E-state index contributed by atoms with van der Waals surface area (Å²) in [4.78, 5) is 27.5. The van der Waals surface area contributed by atoms with E-state index in [0.717, 1.165) is 20.8 Å². The van der Waals surface area contributed by atoms with Crippen molar-refractivity contribution < 1.29 is 18.0 Å². The molecule has 0 aliphatic heterocycles. The van der Waals surface area contributed by atoms with Gasteiger partial charge in [-0.1, -0.05) is 46.6 Å². The van der Waals surface area contributed by atoms with E-state index < -0.39 is 28.5 Å². The SMILES string of the molecule is CC[C@@H](C)NC(=O)[C@H](C)N(Cc1cccc(Br)c1)C(=O)CN(C)S(=O)(=O)c1ccc(Cl)cc1. The molecular weight excluding hydrogens is 530 g/mol. The second kappa shape index (κ2) is 12.0. The first kappa shape index (κ1) is 27.3. The van der Waals surface area contributed by atoms with Crippen LogP contribution >= 0.6 is 27.5 Å². The maximum atomic E-state index is 13.3. The van der Waals surface area contributed by atoms with Gasteiger partial charge in [-0.25, -0.2) is 8.42 Å². The Kier molecular flexibility index (Phi) is 9.90. The van der Waals surface area contributed by atoms with Crippen LogP contribution in [0.5, 0.6) is 0 Å². The van der Waals surface area contributed by atoms with E-state index >= 15 is 0 Å². The molecule has 0 aromatic heterocycles. The van der Waals surface area contributed by atoms with E-state index in [1.165, 1.54) is 36.2 Å². The molecule has 0 fully saturated rings. The summed E-state index contributed by atoms with van der Waals surface area (Å²) in [5.41, 5.74) is 0.809. The molecule has 7 nitrogen and oxygen atoms in total. The number of amides is 2. The molecule has 2 atom stereocenters. The molecule has 180 valence electrons. The molecule has 0 saturated carbocycles. The number of hydrogen-bond acceptors (Lipinski definition) is 4. The molecule has 2 aromatic rings. The Balaban J connectivity index is 2.27. The number of nitrogens with zero attached hydrogens (tertiary/aromatic N) is 2. The average molecular weight is 559 g/mol. The van der Waals surface area contributed by atoms with Gasteiger partial charge in [0.15, 0.2) is 0 Å². The third-order valence-corrected chi connectivity index (χ3v) is 7.85. The number of carbonyl (C=O) groups excluding carboxylic acids is 2. The molecule has 0 spiro atoms. The summed E-state index contributed by atoms with van der Waals surface area (Å²) >= 11 is 9.27. The minimum Gasteiger partial charge on any atom is -0.352 e. The van der Waals surface area contributed by atoms with Gasteiger partial charge in [-0.2, -0.15) is 4.31 Å². The van der Waals surface area contributed by atoms with E-state index in [1.54, 1.807) is 6.92 Å². The highest BCUT2D eigenvalue weighted by atomic mass is 79.9. The zero-order valence-electron chi connectivity index (χ0n) is 19.1. The zero-order valence-corrected chi connectivity index (χ0v) is 22.2. The lowest BCUT2D eigenvalue weighted by Gasteiger charge is -2.31. The highest BCUT2D eigenvalue weighted by Crippen LogP contribution is 2.19. The second-order valence-electron chi connectivity index (χ2n) is 7.86. The molecule has 2 aromatic carbocycles. The van der Waals surface area contributed by atoms with Crippen molar-refractivity contribution in [2.24, 2.45) is 0 Å². The fourth-order valence-electron chi connectivity index (χ4n) is 3.03. The third kappa shape index (κ3) is 7.53. The van der Waals surface area contributed by atoms with Crippen molar-refractivity contribution in [2.75, 3.05) is 13.6 Å². The number of carbonyl (C=O) groups is 2. The predicted octanol–water partition coefficient (Wildman–Crippen LogP) is 4.06. The zero-order chi connectivity index (χ0) is 24.8. The van der Waals surface area contributed by atoms with Gasteiger partial charge in [-0.05, 0) is 62.2 Å². The lowest BCUT2D eigenvalue weighted by molar-refractivity contribution is -0.140. The van der Waals surface area contributed by atoms with Crippen LogP contribution in [0.25, 0.3) is 0 Å². The van der Waals surface area contributed by atoms with Crippen molar-refractivity contribution in [3.63, 3.8) is 0 Å². The summed E-state index contributed by atoms with van der Waals surface area (Å²) in [5, 5.41) is 3.30. The van der Waals surface area contributed by atoms with Gasteiger partial charge < -0.3 is 10.2 Å². The van der Waals surface area contributed by atoms with Crippen LogP contribution in [0.2, 0.25) is 5.02 Å². The number of halogens is 2. The van der Waals surface area contributed by atoms with Gasteiger partial charge in [0.1, 0.15) is 6.04 Å². The van der Waals surface area contributed by atoms with Gasteiger partial charge in [-0.15, -0.1) is 0 Å². The van der Waals surface area contributed by atoms with Crippen LogP contribution < -0.4 is 5.32 Å². The van der Waals surface area contributed by atoms with Crippen molar-refractivity contribution >= 4 is 49.4 Å². The second-order valence-corrected chi connectivity index (χ2v) is 11.3. The van der Waals surface area contributed by atoms with Gasteiger partial charge in [0.25, 0.3) is 0 Å². The van der Waals surface area contributed by atoms with Crippen LogP contribution in [0.1, 0.15) is 32.8 Å². The standard InChI is InChI=1S/C23H29BrClN3O4S/c1-5-16(2)26-23(30)17(3)28(14-18-7-6-8-19(24)13-18)22(29)15-27(4)33(31,32)21-11-9-20(25)10-12-21/h6-13,16-17H,5,14-15H2,1-4H3,(H,26,30)/t16-,17+/m1/s1. The molecule has 0 aliphatic rings. The van der Waals surface area contributed by atoms with Gasteiger partial charge in [0, 0.05) is 29.1 Å². The Morgan fingerprint density at radius 1 is 1.12 bits per heavy atom. The molecule has 0 unspecified atom stereocenters. The van der Waals surface area contributed by atoms with Crippen molar-refractivity contribution in [3.05, 3.63) is 63.6 Å². The molecule has 0 heterocycles. The Labute approximate surface area is 209 Å². The highest BCUT2D eigenvalue weighted by molar-refractivity contribution is 9.10. The summed E-state index contributed by atoms with van der Waals surface area (Å²) in [6.07, 6.45) is 0.750. The quantitative estimate of drug-likeness (QED) is 0.477. The Hall–Kier alpha value is -1.94. The van der Waals surface area contributed by atoms with E-state index in [2.05, 4.69) is 21.2 Å². The number of rotatable bonds is 10. The molecule has 10 heteroatoms. The minimum atomic E-state index is -3.91. The van der Waals surface area contributed by atoms with Crippen LogP contribution in [0.15, 0.2) is 57.9 Å². The van der Waals surface area contributed by atoms with Crippen molar-refractivity contribution in [1.29, 1.82) is 0 Å². The molecule has 1 N–H and O–H groups in total. The van der Waals surface area contributed by atoms with Gasteiger partial charge in [0.2, 0.25) is 21.8 Å². The van der Waals surface area contributed by atoms with Gasteiger partial charge >= 0.3 is 0 Å². The number of nitrogens with one attached hydrogen (secondary N) is 1. The summed E-state index contributed by atoms with van der Waals surface area (Å²) in [6.45, 7) is 5.22. The van der Waals surface area contributed by atoms with Crippen LogP contribution in [0, 0.1) is 0 Å². The molecule has 2 rings (SSSR count). The van der Waals surface area contributed by atoms with Crippen LogP contribution in [-0.4, -0.2) is 55.1 Å². The smallest absolute Gasteiger partial charge is 0.243 e. The first-order valence-electron chi connectivity index (χ1n) is 10.5. The molecular formula is C23H29BrClN3O4S.